The van der Waals surface area contributed by atoms with Crippen molar-refractivity contribution in [2.24, 2.45) is 0 Å². The zero-order chi connectivity index (χ0) is 6.41. The van der Waals surface area contributed by atoms with Gasteiger partial charge in [0.15, 0.2) is 5.41 Å². The van der Waals surface area contributed by atoms with Crippen LogP contribution in [0.4, 0.5) is 0 Å². The van der Waals surface area contributed by atoms with Crippen LogP contribution >= 0.6 is 0 Å². The molecule has 0 bridgehead atoms. The van der Waals surface area contributed by atoms with E-state index >= 15 is 0 Å². The molecule has 8 heavy (non-hydrogen) atoms. The van der Waals surface area contributed by atoms with E-state index in [1.54, 1.807) is 19.3 Å². The summed E-state index contributed by atoms with van der Waals surface area (Å²) in [5.41, 5.74) is 0. The summed E-state index contributed by atoms with van der Waals surface area (Å²) in [7, 11) is 0.673. The maximum atomic E-state index is 10.5. The second-order valence-corrected chi connectivity index (χ2v) is 2.96. The molecule has 0 rings (SSSR count). The summed E-state index contributed by atoms with van der Waals surface area (Å²) >= 11 is 0. The fourth-order valence-corrected chi connectivity index (χ4v) is 0.993. The molecule has 0 saturated carbocycles. The van der Waals surface area contributed by atoms with E-state index in [4.69, 9.17) is 4.43 Å². The molecule has 0 aliphatic rings. The maximum absolute atomic E-state index is 10.5. The van der Waals surface area contributed by atoms with Crippen molar-refractivity contribution < 1.29 is 9.22 Å². The van der Waals surface area contributed by atoms with Crippen LogP contribution in [0.25, 0.3) is 0 Å². The fraction of sp³-hybridized carbons (Fsp3) is 0.400. The summed E-state index contributed by atoms with van der Waals surface area (Å²) in [6.07, 6.45) is 3.28. The lowest BCUT2D eigenvalue weighted by atomic mass is 10.6. The molecule has 0 radical (unpaired) electrons. The molecule has 0 unspecified atom stereocenters. The molecule has 0 N–H and O–H groups in total. The number of carbonyl (C=O) groups is 1. The Bertz CT molecular complexity index is 98.6. The van der Waals surface area contributed by atoms with Crippen molar-refractivity contribution in [1.29, 1.82) is 0 Å². The Labute approximate surface area is 51.5 Å². The van der Waals surface area contributed by atoms with E-state index in [1.807, 2.05) is 6.92 Å². The van der Waals surface area contributed by atoms with Gasteiger partial charge in [0, 0.05) is 7.11 Å². The van der Waals surface area contributed by atoms with E-state index in [1.165, 1.54) is 0 Å². The molecule has 0 atom stereocenters. The summed E-state index contributed by atoms with van der Waals surface area (Å²) in [5.74, 6) is 0. The minimum Gasteiger partial charge on any atom is -0.418 e. The average Bonchev–Trinajstić information content (AvgIpc) is 1.68. The number of rotatable bonds is 3. The predicted octanol–water partition coefficient (Wildman–Crippen LogP) is -0.181. The van der Waals surface area contributed by atoms with Crippen molar-refractivity contribution in [2.75, 3.05) is 7.11 Å². The third-order valence-electron chi connectivity index (χ3n) is 0.639. The van der Waals surface area contributed by atoms with Crippen LogP contribution in [0.3, 0.4) is 0 Å². The van der Waals surface area contributed by atoms with E-state index in [9.17, 15) is 4.79 Å². The normalized spacial score (nSPS) is 11.8. The molecule has 0 saturated heterocycles. The molecule has 0 aromatic rings. The standard InChI is InChI=1S/C5H10O2Si/c1-3-4-5(6)8-7-2/h3-4H,8H2,1-2H3. The second kappa shape index (κ2) is 4.74. The predicted molar refractivity (Wildman–Crippen MR) is 35.4 cm³/mol. The molecule has 0 amide bonds. The summed E-state index contributed by atoms with van der Waals surface area (Å²) in [6.45, 7) is 1.82. The van der Waals surface area contributed by atoms with Crippen LogP contribution in [0.1, 0.15) is 6.92 Å². The topological polar surface area (TPSA) is 26.3 Å². The van der Waals surface area contributed by atoms with E-state index in [2.05, 4.69) is 0 Å². The van der Waals surface area contributed by atoms with E-state index in [-0.39, 0.29) is 5.41 Å². The Kier molecular flexibility index (Phi) is 4.49. The van der Waals surface area contributed by atoms with Gasteiger partial charge in [-0.15, -0.1) is 0 Å². The third-order valence-corrected chi connectivity index (χ3v) is 1.45. The van der Waals surface area contributed by atoms with Gasteiger partial charge in [-0.2, -0.15) is 0 Å². The summed E-state index contributed by atoms with van der Waals surface area (Å²) in [6, 6.07) is 0. The monoisotopic (exact) mass is 130 g/mol. The molecular weight excluding hydrogens is 120 g/mol. The average molecular weight is 130 g/mol. The van der Waals surface area contributed by atoms with Crippen molar-refractivity contribution >= 4 is 15.2 Å². The highest BCUT2D eigenvalue weighted by atomic mass is 28.2. The van der Waals surface area contributed by atoms with Gasteiger partial charge in [-0.1, -0.05) is 6.08 Å². The van der Waals surface area contributed by atoms with Gasteiger partial charge >= 0.3 is 0 Å². The van der Waals surface area contributed by atoms with Gasteiger partial charge < -0.3 is 4.43 Å². The van der Waals surface area contributed by atoms with Crippen LogP contribution in [-0.2, 0) is 9.22 Å². The molecule has 46 valence electrons. The molecule has 0 heterocycles. The van der Waals surface area contributed by atoms with Crippen molar-refractivity contribution in [3.8, 4) is 0 Å². The lowest BCUT2D eigenvalue weighted by Crippen LogP contribution is -2.06. The number of allylic oxidation sites excluding steroid dienone is 2. The largest absolute Gasteiger partial charge is 0.418 e. The van der Waals surface area contributed by atoms with Gasteiger partial charge in [-0.05, 0) is 13.0 Å². The van der Waals surface area contributed by atoms with Gasteiger partial charge in [-0.3, -0.25) is 4.79 Å². The molecule has 0 aromatic carbocycles. The molecule has 0 aromatic heterocycles. The maximum Gasteiger partial charge on any atom is 0.239 e. The van der Waals surface area contributed by atoms with E-state index in [0.29, 0.717) is 0 Å². The highest BCUT2D eigenvalue weighted by Gasteiger charge is 1.91. The summed E-state index contributed by atoms with van der Waals surface area (Å²) < 4.78 is 4.69. The summed E-state index contributed by atoms with van der Waals surface area (Å²) in [4.78, 5) is 10.5. The number of hydrogen-bond donors (Lipinski definition) is 0. The van der Waals surface area contributed by atoms with Crippen LogP contribution in [0.5, 0.6) is 0 Å². The molecule has 3 heteroatoms. The minimum atomic E-state index is -0.891. The van der Waals surface area contributed by atoms with Crippen molar-refractivity contribution in [2.45, 2.75) is 6.92 Å². The zero-order valence-electron chi connectivity index (χ0n) is 5.18. The molecule has 0 aliphatic carbocycles. The number of hydrogen-bond acceptors (Lipinski definition) is 2. The van der Waals surface area contributed by atoms with Gasteiger partial charge in [0.2, 0.25) is 9.76 Å². The SMILES string of the molecule is CC=CC(=O)[SiH2]OC. The highest BCUT2D eigenvalue weighted by Crippen LogP contribution is 1.73. The minimum absolute atomic E-state index is 0.148. The quantitative estimate of drug-likeness (QED) is 0.391. The van der Waals surface area contributed by atoms with Crippen LogP contribution < -0.4 is 0 Å². The lowest BCUT2D eigenvalue weighted by molar-refractivity contribution is -0.108. The van der Waals surface area contributed by atoms with Crippen molar-refractivity contribution in [3.05, 3.63) is 12.2 Å². The molecular formula is C5H10O2Si. The van der Waals surface area contributed by atoms with Crippen LogP contribution in [0, 0.1) is 0 Å². The third kappa shape index (κ3) is 3.77. The smallest absolute Gasteiger partial charge is 0.239 e. The Hall–Kier alpha value is -0.413. The fourth-order valence-electron chi connectivity index (χ4n) is 0.376. The first-order chi connectivity index (χ1) is 3.81. The van der Waals surface area contributed by atoms with Gasteiger partial charge in [0.05, 0.1) is 0 Å². The molecule has 0 aliphatic heterocycles. The molecule has 0 fully saturated rings. The second-order valence-electron chi connectivity index (χ2n) is 1.40. The first kappa shape index (κ1) is 7.59. The van der Waals surface area contributed by atoms with Gasteiger partial charge in [0.25, 0.3) is 0 Å². The van der Waals surface area contributed by atoms with E-state index in [0.717, 1.165) is 0 Å². The van der Waals surface area contributed by atoms with Crippen molar-refractivity contribution in [3.63, 3.8) is 0 Å². The zero-order valence-corrected chi connectivity index (χ0v) is 6.59. The van der Waals surface area contributed by atoms with Crippen LogP contribution in [-0.4, -0.2) is 22.3 Å². The lowest BCUT2D eigenvalue weighted by Gasteiger charge is -1.86. The van der Waals surface area contributed by atoms with Crippen LogP contribution in [0.2, 0.25) is 0 Å². The first-order valence-electron chi connectivity index (χ1n) is 2.45. The van der Waals surface area contributed by atoms with E-state index < -0.39 is 9.76 Å². The Morgan fingerprint density at radius 2 is 2.38 bits per heavy atom. The number of carbonyl (C=O) groups excluding carboxylic acids is 1. The summed E-state index contributed by atoms with van der Waals surface area (Å²) in [5, 5.41) is 0.148. The first-order valence-corrected chi connectivity index (χ1v) is 3.74. The molecule has 2 nitrogen and oxygen atoms in total. The van der Waals surface area contributed by atoms with Gasteiger partial charge in [0.1, 0.15) is 0 Å². The molecule has 0 spiro atoms. The Morgan fingerprint density at radius 3 is 2.75 bits per heavy atom. The van der Waals surface area contributed by atoms with Crippen LogP contribution in [0.15, 0.2) is 12.2 Å². The highest BCUT2D eigenvalue weighted by molar-refractivity contribution is 6.71. The Balaban J connectivity index is 3.33. The Morgan fingerprint density at radius 1 is 1.75 bits per heavy atom. The van der Waals surface area contributed by atoms with Crippen molar-refractivity contribution in [1.82, 2.24) is 0 Å². The van der Waals surface area contributed by atoms with Gasteiger partial charge in [-0.25, -0.2) is 0 Å².